The second-order valence-corrected chi connectivity index (χ2v) is 6.29. The highest BCUT2D eigenvalue weighted by Gasteiger charge is 2.28. The molecule has 132 valence electrons. The van der Waals surface area contributed by atoms with Gasteiger partial charge in [0.05, 0.1) is 4.92 Å². The molecule has 2 aliphatic rings. The van der Waals surface area contributed by atoms with Gasteiger partial charge in [0, 0.05) is 56.5 Å². The van der Waals surface area contributed by atoms with Gasteiger partial charge in [-0.05, 0) is 31.5 Å². The maximum Gasteiger partial charge on any atom is 0.270 e. The van der Waals surface area contributed by atoms with Gasteiger partial charge in [-0.1, -0.05) is 0 Å². The minimum atomic E-state index is -0.450. The van der Waals surface area contributed by atoms with Crippen LogP contribution in [0.1, 0.15) is 22.3 Å². The number of carbonyl (C=O) groups excluding carboxylic acids is 1. The fourth-order valence-corrected chi connectivity index (χ4v) is 3.42. The lowest BCUT2D eigenvalue weighted by molar-refractivity contribution is -0.384. The van der Waals surface area contributed by atoms with E-state index in [0.717, 1.165) is 38.2 Å². The minimum absolute atomic E-state index is 0. The summed E-state index contributed by atoms with van der Waals surface area (Å²) in [7, 11) is 0. The SMILES string of the molecule is Cc1cc(C(=O)N2CCN(C3CCNC3)CC2)cc([N+](=O)[O-])c1.Cl. The van der Waals surface area contributed by atoms with Crippen LogP contribution < -0.4 is 5.32 Å². The van der Waals surface area contributed by atoms with Gasteiger partial charge in [-0.2, -0.15) is 0 Å². The van der Waals surface area contributed by atoms with E-state index < -0.39 is 4.92 Å². The predicted octanol–water partition coefficient (Wildman–Crippen LogP) is 1.44. The second-order valence-electron chi connectivity index (χ2n) is 6.29. The lowest BCUT2D eigenvalue weighted by Gasteiger charge is -2.37. The van der Waals surface area contributed by atoms with Crippen molar-refractivity contribution >= 4 is 24.0 Å². The van der Waals surface area contributed by atoms with Crippen LogP contribution in [0.3, 0.4) is 0 Å². The number of halogens is 1. The Hall–Kier alpha value is -1.70. The molecule has 1 N–H and O–H groups in total. The van der Waals surface area contributed by atoms with Crippen LogP contribution in [0.2, 0.25) is 0 Å². The number of piperazine rings is 1. The van der Waals surface area contributed by atoms with E-state index in [0.29, 0.717) is 24.7 Å². The van der Waals surface area contributed by atoms with Gasteiger partial charge in [0.2, 0.25) is 0 Å². The summed E-state index contributed by atoms with van der Waals surface area (Å²) in [6.45, 7) is 6.95. The monoisotopic (exact) mass is 354 g/mol. The summed E-state index contributed by atoms with van der Waals surface area (Å²) in [4.78, 5) is 27.4. The highest BCUT2D eigenvalue weighted by Crippen LogP contribution is 2.19. The largest absolute Gasteiger partial charge is 0.336 e. The summed E-state index contributed by atoms with van der Waals surface area (Å²) >= 11 is 0. The van der Waals surface area contributed by atoms with E-state index in [1.54, 1.807) is 17.9 Å². The number of aryl methyl sites for hydroxylation is 1. The molecule has 0 spiro atoms. The summed E-state index contributed by atoms with van der Waals surface area (Å²) in [5.41, 5.74) is 1.12. The average Bonchev–Trinajstić information content (AvgIpc) is 3.08. The van der Waals surface area contributed by atoms with Gasteiger partial charge in [-0.3, -0.25) is 19.8 Å². The van der Waals surface area contributed by atoms with Gasteiger partial charge in [-0.15, -0.1) is 12.4 Å². The van der Waals surface area contributed by atoms with Crippen molar-refractivity contribution in [2.24, 2.45) is 0 Å². The lowest BCUT2D eigenvalue weighted by atomic mass is 10.1. The first-order chi connectivity index (χ1) is 11.0. The fraction of sp³-hybridized carbons (Fsp3) is 0.562. The van der Waals surface area contributed by atoms with E-state index in [2.05, 4.69) is 10.2 Å². The molecule has 0 radical (unpaired) electrons. The Morgan fingerprint density at radius 3 is 2.54 bits per heavy atom. The molecule has 1 aromatic carbocycles. The van der Waals surface area contributed by atoms with Crippen molar-refractivity contribution in [1.82, 2.24) is 15.1 Å². The highest BCUT2D eigenvalue weighted by atomic mass is 35.5. The number of nitro groups is 1. The topological polar surface area (TPSA) is 78.7 Å². The zero-order valence-electron chi connectivity index (χ0n) is 13.7. The molecule has 0 saturated carbocycles. The van der Waals surface area contributed by atoms with E-state index in [4.69, 9.17) is 0 Å². The van der Waals surface area contributed by atoms with Crippen LogP contribution in [0.25, 0.3) is 0 Å². The van der Waals surface area contributed by atoms with Crippen molar-refractivity contribution in [3.05, 3.63) is 39.4 Å². The van der Waals surface area contributed by atoms with Crippen LogP contribution in [-0.2, 0) is 0 Å². The van der Waals surface area contributed by atoms with Crippen LogP contribution in [-0.4, -0.2) is 65.9 Å². The summed E-state index contributed by atoms with van der Waals surface area (Å²) < 4.78 is 0. The summed E-state index contributed by atoms with van der Waals surface area (Å²) in [5, 5.41) is 14.3. The molecule has 1 aromatic rings. The van der Waals surface area contributed by atoms with Gasteiger partial charge in [0.15, 0.2) is 0 Å². The first-order valence-electron chi connectivity index (χ1n) is 8.05. The Balaban J connectivity index is 0.00000208. The molecule has 1 amide bonds. The number of amides is 1. The molecule has 3 rings (SSSR count). The van der Waals surface area contributed by atoms with Gasteiger partial charge in [-0.25, -0.2) is 0 Å². The van der Waals surface area contributed by atoms with Gasteiger partial charge in [0.1, 0.15) is 0 Å². The number of hydrogen-bond acceptors (Lipinski definition) is 5. The van der Waals surface area contributed by atoms with Crippen LogP contribution in [0.15, 0.2) is 18.2 Å². The number of carbonyl (C=O) groups is 1. The maximum atomic E-state index is 12.6. The van der Waals surface area contributed by atoms with Gasteiger partial charge in [0.25, 0.3) is 11.6 Å². The zero-order valence-corrected chi connectivity index (χ0v) is 14.6. The molecule has 1 atom stereocenters. The standard InChI is InChI=1S/C16H22N4O3.ClH/c1-12-8-13(10-15(9-12)20(22)23)16(21)19-6-4-18(5-7-19)14-2-3-17-11-14;/h8-10,14,17H,2-7,11H2,1H3;1H. The first-order valence-corrected chi connectivity index (χ1v) is 8.05. The minimum Gasteiger partial charge on any atom is -0.336 e. The molecule has 0 bridgehead atoms. The molecule has 2 fully saturated rings. The number of rotatable bonds is 3. The van der Waals surface area contributed by atoms with E-state index in [9.17, 15) is 14.9 Å². The number of nitro benzene ring substituents is 1. The Morgan fingerprint density at radius 1 is 1.25 bits per heavy atom. The average molecular weight is 355 g/mol. The maximum absolute atomic E-state index is 12.6. The van der Waals surface area contributed by atoms with Crippen molar-refractivity contribution in [3.63, 3.8) is 0 Å². The summed E-state index contributed by atoms with van der Waals surface area (Å²) in [6.07, 6.45) is 1.16. The van der Waals surface area contributed by atoms with E-state index in [1.165, 1.54) is 12.1 Å². The molecule has 8 heteroatoms. The molecule has 1 unspecified atom stereocenters. The van der Waals surface area contributed by atoms with Crippen LogP contribution in [0.5, 0.6) is 0 Å². The first kappa shape index (κ1) is 18.6. The van der Waals surface area contributed by atoms with Gasteiger partial charge < -0.3 is 10.2 Å². The molecular formula is C16H23ClN4O3. The number of nitrogens with zero attached hydrogens (tertiary/aromatic N) is 3. The molecule has 2 heterocycles. The number of non-ortho nitro benzene ring substituents is 1. The Morgan fingerprint density at radius 2 is 1.96 bits per heavy atom. The summed E-state index contributed by atoms with van der Waals surface area (Å²) in [5.74, 6) is -0.110. The van der Waals surface area contributed by atoms with Crippen LogP contribution >= 0.6 is 12.4 Å². The molecule has 0 aliphatic carbocycles. The van der Waals surface area contributed by atoms with Crippen molar-refractivity contribution in [2.45, 2.75) is 19.4 Å². The highest BCUT2D eigenvalue weighted by molar-refractivity contribution is 5.95. The Bertz CT molecular complexity index is 611. The van der Waals surface area contributed by atoms with E-state index in [-0.39, 0.29) is 24.0 Å². The van der Waals surface area contributed by atoms with Crippen LogP contribution in [0, 0.1) is 17.0 Å². The smallest absolute Gasteiger partial charge is 0.270 e. The fourth-order valence-electron chi connectivity index (χ4n) is 3.42. The molecular weight excluding hydrogens is 332 g/mol. The van der Waals surface area contributed by atoms with Crippen molar-refractivity contribution in [2.75, 3.05) is 39.3 Å². The van der Waals surface area contributed by atoms with E-state index in [1.807, 2.05) is 0 Å². The molecule has 24 heavy (non-hydrogen) atoms. The third-order valence-electron chi connectivity index (χ3n) is 4.67. The Labute approximate surface area is 147 Å². The molecule has 7 nitrogen and oxygen atoms in total. The normalized spacial score (nSPS) is 21.4. The zero-order chi connectivity index (χ0) is 16.4. The lowest BCUT2D eigenvalue weighted by Crippen LogP contribution is -2.52. The molecule has 2 saturated heterocycles. The third-order valence-corrected chi connectivity index (χ3v) is 4.67. The summed E-state index contributed by atoms with van der Waals surface area (Å²) in [6, 6.07) is 5.17. The molecule has 2 aliphatic heterocycles. The second kappa shape index (κ2) is 7.92. The van der Waals surface area contributed by atoms with Crippen molar-refractivity contribution in [1.29, 1.82) is 0 Å². The van der Waals surface area contributed by atoms with Crippen molar-refractivity contribution in [3.8, 4) is 0 Å². The predicted molar refractivity (Wildman–Crippen MR) is 93.8 cm³/mol. The Kier molecular flexibility index (Phi) is 6.15. The van der Waals surface area contributed by atoms with Crippen molar-refractivity contribution < 1.29 is 9.72 Å². The van der Waals surface area contributed by atoms with Crippen LogP contribution in [0.4, 0.5) is 5.69 Å². The van der Waals surface area contributed by atoms with E-state index >= 15 is 0 Å². The number of nitrogens with one attached hydrogen (secondary N) is 1. The third kappa shape index (κ3) is 4.03. The molecule has 0 aromatic heterocycles. The van der Waals surface area contributed by atoms with Gasteiger partial charge >= 0.3 is 0 Å². The number of hydrogen-bond donors (Lipinski definition) is 1. The number of benzene rings is 1. The quantitative estimate of drug-likeness (QED) is 0.656.